The Balaban J connectivity index is 1.54. The standard InChI is InChI=1S/C28H17F7N2/c1-2-3-22(29)26(32)19-10-8-17(9-11-19)16-4-6-18(7-5-16)21-14-36-27(37-15-21)20-12-23(30)25(24(31)13-20)28(33,34)35/h2-15H,1H3. The van der Waals surface area contributed by atoms with E-state index >= 15 is 0 Å². The second kappa shape index (κ2) is 10.4. The molecule has 0 N–H and O–H groups in total. The van der Waals surface area contributed by atoms with Gasteiger partial charge in [-0.1, -0.05) is 54.6 Å². The Bertz CT molecular complexity index is 1450. The quantitative estimate of drug-likeness (QED) is 0.196. The highest BCUT2D eigenvalue weighted by atomic mass is 19.4. The van der Waals surface area contributed by atoms with E-state index < -0.39 is 35.0 Å². The summed E-state index contributed by atoms with van der Waals surface area (Å²) in [7, 11) is 0. The molecule has 2 nitrogen and oxygen atoms in total. The lowest BCUT2D eigenvalue weighted by Crippen LogP contribution is -2.11. The molecule has 0 spiro atoms. The maximum atomic E-state index is 14.1. The molecule has 9 heteroatoms. The lowest BCUT2D eigenvalue weighted by molar-refractivity contribution is -0.142. The van der Waals surface area contributed by atoms with E-state index in [-0.39, 0.29) is 17.0 Å². The number of hydrogen-bond acceptors (Lipinski definition) is 2. The minimum atomic E-state index is -5.16. The molecule has 0 atom stereocenters. The molecule has 0 saturated carbocycles. The van der Waals surface area contributed by atoms with Crippen molar-refractivity contribution in [1.29, 1.82) is 0 Å². The Labute approximate surface area is 207 Å². The summed E-state index contributed by atoms with van der Waals surface area (Å²) in [5.74, 6) is -5.55. The first-order valence-corrected chi connectivity index (χ1v) is 10.9. The monoisotopic (exact) mass is 514 g/mol. The normalized spacial score (nSPS) is 12.6. The van der Waals surface area contributed by atoms with Crippen LogP contribution >= 0.6 is 0 Å². The van der Waals surface area contributed by atoms with Crippen LogP contribution in [-0.2, 0) is 6.18 Å². The van der Waals surface area contributed by atoms with Crippen LogP contribution in [0.5, 0.6) is 0 Å². The van der Waals surface area contributed by atoms with Crippen LogP contribution in [0.3, 0.4) is 0 Å². The number of benzene rings is 3. The van der Waals surface area contributed by atoms with Crippen molar-refractivity contribution >= 4 is 5.83 Å². The third kappa shape index (κ3) is 5.61. The van der Waals surface area contributed by atoms with Gasteiger partial charge in [-0.3, -0.25) is 0 Å². The number of alkyl halides is 3. The van der Waals surface area contributed by atoms with Crippen LogP contribution in [0, 0.1) is 11.6 Å². The van der Waals surface area contributed by atoms with Crippen molar-refractivity contribution in [3.05, 3.63) is 114 Å². The summed E-state index contributed by atoms with van der Waals surface area (Å²) in [6.07, 6.45) is 0.0428. The van der Waals surface area contributed by atoms with Gasteiger partial charge in [0.1, 0.15) is 17.2 Å². The van der Waals surface area contributed by atoms with Gasteiger partial charge in [0.25, 0.3) is 0 Å². The SMILES string of the molecule is CC=CC(F)=C(F)c1ccc(-c2ccc(-c3cnc(-c4cc(F)c(C(F)(F)F)c(F)c4)nc3)cc2)cc1. The Hall–Kier alpha value is -4.27. The van der Waals surface area contributed by atoms with Crippen LogP contribution in [0.4, 0.5) is 30.7 Å². The molecule has 1 heterocycles. The summed E-state index contributed by atoms with van der Waals surface area (Å²) >= 11 is 0. The van der Waals surface area contributed by atoms with Crippen molar-refractivity contribution < 1.29 is 30.7 Å². The minimum Gasteiger partial charge on any atom is -0.236 e. The van der Waals surface area contributed by atoms with Crippen molar-refractivity contribution in [2.75, 3.05) is 0 Å². The summed E-state index contributed by atoms with van der Waals surface area (Å²) in [5, 5.41) is 0. The topological polar surface area (TPSA) is 25.8 Å². The van der Waals surface area contributed by atoms with E-state index in [9.17, 15) is 30.7 Å². The first-order valence-electron chi connectivity index (χ1n) is 10.9. The average molecular weight is 514 g/mol. The molecular weight excluding hydrogens is 497 g/mol. The number of aromatic nitrogens is 2. The molecular formula is C28H17F7N2. The molecule has 4 aromatic rings. The molecule has 0 saturated heterocycles. The van der Waals surface area contributed by atoms with E-state index in [0.717, 1.165) is 17.2 Å². The highest BCUT2D eigenvalue weighted by molar-refractivity contribution is 5.72. The third-order valence-corrected chi connectivity index (χ3v) is 5.45. The van der Waals surface area contributed by atoms with E-state index in [0.29, 0.717) is 23.3 Å². The van der Waals surface area contributed by atoms with Crippen LogP contribution in [0.2, 0.25) is 0 Å². The molecule has 0 bridgehead atoms. The molecule has 3 aromatic carbocycles. The predicted molar refractivity (Wildman–Crippen MR) is 127 cm³/mol. The van der Waals surface area contributed by atoms with Gasteiger partial charge in [-0.2, -0.15) is 13.2 Å². The smallest absolute Gasteiger partial charge is 0.236 e. The molecule has 0 aliphatic carbocycles. The minimum absolute atomic E-state index is 0.112. The lowest BCUT2D eigenvalue weighted by atomic mass is 10.0. The summed E-state index contributed by atoms with van der Waals surface area (Å²) < 4.78 is 93.9. The van der Waals surface area contributed by atoms with Crippen molar-refractivity contribution in [2.24, 2.45) is 0 Å². The Morgan fingerprint density at radius 2 is 1.16 bits per heavy atom. The van der Waals surface area contributed by atoms with Crippen LogP contribution in [0.25, 0.3) is 39.5 Å². The maximum Gasteiger partial charge on any atom is 0.422 e. The molecule has 0 amide bonds. The van der Waals surface area contributed by atoms with Crippen LogP contribution in [0.1, 0.15) is 18.1 Å². The van der Waals surface area contributed by atoms with Crippen molar-refractivity contribution in [2.45, 2.75) is 13.1 Å². The van der Waals surface area contributed by atoms with Gasteiger partial charge in [0.15, 0.2) is 17.5 Å². The van der Waals surface area contributed by atoms with Crippen molar-refractivity contribution in [3.63, 3.8) is 0 Å². The van der Waals surface area contributed by atoms with Gasteiger partial charge in [0.2, 0.25) is 0 Å². The van der Waals surface area contributed by atoms with Gasteiger partial charge < -0.3 is 0 Å². The fourth-order valence-corrected chi connectivity index (χ4v) is 3.62. The Morgan fingerprint density at radius 1 is 0.703 bits per heavy atom. The maximum absolute atomic E-state index is 14.1. The molecule has 4 rings (SSSR count). The third-order valence-electron chi connectivity index (χ3n) is 5.45. The average Bonchev–Trinajstić information content (AvgIpc) is 2.87. The number of nitrogens with zero attached hydrogens (tertiary/aromatic N) is 2. The molecule has 188 valence electrons. The van der Waals surface area contributed by atoms with E-state index in [1.165, 1.54) is 30.6 Å². The fraction of sp³-hybridized carbons (Fsp3) is 0.0714. The largest absolute Gasteiger partial charge is 0.422 e. The van der Waals surface area contributed by atoms with Crippen LogP contribution < -0.4 is 0 Å². The summed E-state index contributed by atoms with van der Waals surface area (Å²) in [4.78, 5) is 8.07. The summed E-state index contributed by atoms with van der Waals surface area (Å²) in [6.45, 7) is 1.58. The van der Waals surface area contributed by atoms with Crippen LogP contribution in [-0.4, -0.2) is 9.97 Å². The van der Waals surface area contributed by atoms with Gasteiger partial charge in [-0.05, 0) is 41.8 Å². The Morgan fingerprint density at radius 3 is 1.62 bits per heavy atom. The first-order chi connectivity index (χ1) is 17.6. The lowest BCUT2D eigenvalue weighted by Gasteiger charge is -2.11. The predicted octanol–water partition coefficient (Wildman–Crippen LogP) is 8.96. The zero-order chi connectivity index (χ0) is 26.7. The number of allylic oxidation sites excluding steroid dienone is 3. The fourth-order valence-electron chi connectivity index (χ4n) is 3.62. The van der Waals surface area contributed by atoms with Crippen molar-refractivity contribution in [1.82, 2.24) is 9.97 Å². The zero-order valence-electron chi connectivity index (χ0n) is 19.1. The zero-order valence-corrected chi connectivity index (χ0v) is 19.1. The molecule has 0 radical (unpaired) electrons. The molecule has 0 unspecified atom stereocenters. The second-order valence-corrected chi connectivity index (χ2v) is 7.92. The molecule has 37 heavy (non-hydrogen) atoms. The van der Waals surface area contributed by atoms with Crippen molar-refractivity contribution in [3.8, 4) is 33.6 Å². The van der Waals surface area contributed by atoms with Gasteiger partial charge in [0.05, 0.1) is 0 Å². The van der Waals surface area contributed by atoms with E-state index in [1.807, 2.05) is 0 Å². The first kappa shape index (κ1) is 25.8. The molecule has 0 aliphatic heterocycles. The molecule has 1 aromatic heterocycles. The Kier molecular flexibility index (Phi) is 7.24. The summed E-state index contributed by atoms with van der Waals surface area (Å²) in [6, 6.07) is 14.5. The van der Waals surface area contributed by atoms with Gasteiger partial charge in [-0.15, -0.1) is 0 Å². The van der Waals surface area contributed by atoms with E-state index in [1.54, 1.807) is 43.3 Å². The van der Waals surface area contributed by atoms with Gasteiger partial charge in [0, 0.05) is 29.1 Å². The highest BCUT2D eigenvalue weighted by Gasteiger charge is 2.38. The number of hydrogen-bond donors (Lipinski definition) is 0. The highest BCUT2D eigenvalue weighted by Crippen LogP contribution is 2.35. The van der Waals surface area contributed by atoms with E-state index in [4.69, 9.17) is 0 Å². The second-order valence-electron chi connectivity index (χ2n) is 7.92. The van der Waals surface area contributed by atoms with E-state index in [2.05, 4.69) is 9.97 Å². The molecule has 0 fully saturated rings. The number of rotatable bonds is 5. The summed E-state index contributed by atoms with van der Waals surface area (Å²) in [5.41, 5.74) is 0.759. The van der Waals surface area contributed by atoms with Gasteiger partial charge in [-0.25, -0.2) is 27.5 Å². The van der Waals surface area contributed by atoms with Gasteiger partial charge >= 0.3 is 6.18 Å². The molecule has 0 aliphatic rings. The number of halogens is 7. The van der Waals surface area contributed by atoms with Crippen LogP contribution in [0.15, 0.2) is 91.0 Å².